The normalized spacial score (nSPS) is 16.1. The molecular weight excluding hydrogens is 268 g/mol. The lowest BCUT2D eigenvalue weighted by Crippen LogP contribution is -2.48. The van der Waals surface area contributed by atoms with Crippen molar-refractivity contribution in [1.29, 1.82) is 0 Å². The molecular formula is C15H18N4O2. The van der Waals surface area contributed by atoms with Crippen molar-refractivity contribution in [3.8, 4) is 0 Å². The van der Waals surface area contributed by atoms with Crippen LogP contribution in [0.25, 0.3) is 0 Å². The fourth-order valence-corrected chi connectivity index (χ4v) is 2.50. The third-order valence-corrected chi connectivity index (χ3v) is 3.64. The predicted molar refractivity (Wildman–Crippen MR) is 76.7 cm³/mol. The molecule has 6 nitrogen and oxygen atoms in total. The first-order valence-electron chi connectivity index (χ1n) is 7.06. The smallest absolute Gasteiger partial charge is 0.254 e. The third-order valence-electron chi connectivity index (χ3n) is 3.64. The average Bonchev–Trinajstić information content (AvgIpc) is 2.93. The Kier molecular flexibility index (Phi) is 3.96. The Balaban J connectivity index is 1.54. The molecule has 1 saturated heterocycles. The van der Waals surface area contributed by atoms with Crippen LogP contribution in [0.5, 0.6) is 0 Å². The lowest BCUT2D eigenvalue weighted by atomic mass is 10.2. The number of piperazine rings is 1. The Hall–Kier alpha value is -2.21. The number of aryl methyl sites for hydroxylation is 1. The van der Waals surface area contributed by atoms with E-state index >= 15 is 0 Å². The van der Waals surface area contributed by atoms with E-state index in [-0.39, 0.29) is 5.91 Å². The zero-order chi connectivity index (χ0) is 14.7. The Morgan fingerprint density at radius 2 is 1.95 bits per heavy atom. The van der Waals surface area contributed by atoms with Gasteiger partial charge in [-0.3, -0.25) is 14.7 Å². The Morgan fingerprint density at radius 1 is 1.24 bits per heavy atom. The molecule has 0 unspecified atom stereocenters. The highest BCUT2D eigenvalue weighted by Crippen LogP contribution is 2.12. The second-order valence-electron chi connectivity index (χ2n) is 5.24. The second-order valence-corrected chi connectivity index (χ2v) is 5.24. The van der Waals surface area contributed by atoms with Crippen LogP contribution in [-0.2, 0) is 6.54 Å². The van der Waals surface area contributed by atoms with E-state index in [1.165, 1.54) is 0 Å². The van der Waals surface area contributed by atoms with Crippen molar-refractivity contribution in [1.82, 2.24) is 19.9 Å². The molecule has 0 aromatic carbocycles. The van der Waals surface area contributed by atoms with Crippen LogP contribution in [0.3, 0.4) is 0 Å². The van der Waals surface area contributed by atoms with Crippen molar-refractivity contribution >= 4 is 5.91 Å². The summed E-state index contributed by atoms with van der Waals surface area (Å²) in [5.74, 6) is 0.953. The van der Waals surface area contributed by atoms with Gasteiger partial charge in [0.05, 0.1) is 12.2 Å². The minimum atomic E-state index is 0.0764. The molecule has 1 amide bonds. The SMILES string of the molecule is Cc1cc(CN2CCN(C(=O)c3ccncc3)CC2)on1. The fraction of sp³-hybridized carbons (Fsp3) is 0.400. The van der Waals surface area contributed by atoms with Crippen LogP contribution < -0.4 is 0 Å². The summed E-state index contributed by atoms with van der Waals surface area (Å²) in [6.45, 7) is 5.81. The summed E-state index contributed by atoms with van der Waals surface area (Å²) in [7, 11) is 0. The molecule has 2 aromatic heterocycles. The number of carbonyl (C=O) groups excluding carboxylic acids is 1. The van der Waals surface area contributed by atoms with Crippen LogP contribution in [0.4, 0.5) is 0 Å². The number of hydrogen-bond acceptors (Lipinski definition) is 5. The maximum atomic E-state index is 12.3. The molecule has 1 fully saturated rings. The molecule has 3 rings (SSSR count). The average molecular weight is 286 g/mol. The van der Waals surface area contributed by atoms with Crippen LogP contribution >= 0.6 is 0 Å². The lowest BCUT2D eigenvalue weighted by molar-refractivity contribution is 0.0617. The molecule has 1 aliphatic rings. The molecule has 0 radical (unpaired) electrons. The van der Waals surface area contributed by atoms with E-state index < -0.39 is 0 Å². The van der Waals surface area contributed by atoms with Gasteiger partial charge in [-0.1, -0.05) is 5.16 Å². The van der Waals surface area contributed by atoms with Gasteiger partial charge in [0.1, 0.15) is 0 Å². The highest BCUT2D eigenvalue weighted by molar-refractivity contribution is 5.94. The van der Waals surface area contributed by atoms with Gasteiger partial charge in [0, 0.05) is 50.2 Å². The Labute approximate surface area is 123 Å². The monoisotopic (exact) mass is 286 g/mol. The first-order chi connectivity index (χ1) is 10.2. The topological polar surface area (TPSA) is 62.5 Å². The maximum Gasteiger partial charge on any atom is 0.254 e. The van der Waals surface area contributed by atoms with Crippen LogP contribution in [0.2, 0.25) is 0 Å². The number of rotatable bonds is 3. The predicted octanol–water partition coefficient (Wildman–Crippen LogP) is 1.34. The first kappa shape index (κ1) is 13.8. The van der Waals surface area contributed by atoms with Crippen LogP contribution in [0.1, 0.15) is 21.8 Å². The van der Waals surface area contributed by atoms with E-state index in [4.69, 9.17) is 4.52 Å². The lowest BCUT2D eigenvalue weighted by Gasteiger charge is -2.34. The first-order valence-corrected chi connectivity index (χ1v) is 7.06. The van der Waals surface area contributed by atoms with Gasteiger partial charge in [-0.2, -0.15) is 0 Å². The Morgan fingerprint density at radius 3 is 2.57 bits per heavy atom. The quantitative estimate of drug-likeness (QED) is 0.852. The summed E-state index contributed by atoms with van der Waals surface area (Å²) in [6, 6.07) is 5.46. The number of hydrogen-bond donors (Lipinski definition) is 0. The van der Waals surface area contributed by atoms with Crippen LogP contribution in [0.15, 0.2) is 35.1 Å². The van der Waals surface area contributed by atoms with Gasteiger partial charge in [-0.25, -0.2) is 0 Å². The van der Waals surface area contributed by atoms with Crippen molar-refractivity contribution in [2.45, 2.75) is 13.5 Å². The zero-order valence-corrected chi connectivity index (χ0v) is 12.0. The molecule has 0 N–H and O–H groups in total. The van der Waals surface area contributed by atoms with Gasteiger partial charge >= 0.3 is 0 Å². The summed E-state index contributed by atoms with van der Waals surface area (Å²) in [5, 5.41) is 3.89. The molecule has 0 saturated carbocycles. The van der Waals surface area contributed by atoms with Crippen LogP contribution in [-0.4, -0.2) is 52.0 Å². The van der Waals surface area contributed by atoms with Gasteiger partial charge in [-0.05, 0) is 19.1 Å². The van der Waals surface area contributed by atoms with E-state index in [1.807, 2.05) is 17.9 Å². The molecule has 6 heteroatoms. The zero-order valence-electron chi connectivity index (χ0n) is 12.0. The molecule has 3 heterocycles. The standard InChI is InChI=1S/C15H18N4O2/c1-12-10-14(21-17-12)11-18-6-8-19(9-7-18)15(20)13-2-4-16-5-3-13/h2-5,10H,6-9,11H2,1H3. The van der Waals surface area contributed by atoms with E-state index in [0.29, 0.717) is 5.56 Å². The summed E-state index contributed by atoms with van der Waals surface area (Å²) in [4.78, 5) is 20.4. The number of nitrogens with zero attached hydrogens (tertiary/aromatic N) is 4. The van der Waals surface area contributed by atoms with E-state index in [0.717, 1.165) is 44.2 Å². The van der Waals surface area contributed by atoms with Crippen molar-refractivity contribution in [2.75, 3.05) is 26.2 Å². The summed E-state index contributed by atoms with van der Waals surface area (Å²) >= 11 is 0. The third kappa shape index (κ3) is 3.28. The van der Waals surface area contributed by atoms with Crippen molar-refractivity contribution < 1.29 is 9.32 Å². The molecule has 110 valence electrons. The maximum absolute atomic E-state index is 12.3. The second kappa shape index (κ2) is 6.05. The van der Waals surface area contributed by atoms with Crippen LogP contribution in [0, 0.1) is 6.92 Å². The summed E-state index contributed by atoms with van der Waals surface area (Å²) in [6.07, 6.45) is 3.30. The Bertz CT molecular complexity index is 603. The highest BCUT2D eigenvalue weighted by atomic mass is 16.5. The minimum absolute atomic E-state index is 0.0764. The van der Waals surface area contributed by atoms with Crippen molar-refractivity contribution in [2.24, 2.45) is 0 Å². The molecule has 1 aliphatic heterocycles. The molecule has 2 aromatic rings. The fourth-order valence-electron chi connectivity index (χ4n) is 2.50. The van der Waals surface area contributed by atoms with Crippen molar-refractivity contribution in [3.63, 3.8) is 0 Å². The van der Waals surface area contributed by atoms with Gasteiger partial charge in [-0.15, -0.1) is 0 Å². The van der Waals surface area contributed by atoms with Gasteiger partial charge in [0.2, 0.25) is 0 Å². The molecule has 0 aliphatic carbocycles. The summed E-state index contributed by atoms with van der Waals surface area (Å²) in [5.41, 5.74) is 1.60. The summed E-state index contributed by atoms with van der Waals surface area (Å²) < 4.78 is 5.23. The molecule has 21 heavy (non-hydrogen) atoms. The van der Waals surface area contributed by atoms with Gasteiger partial charge in [0.25, 0.3) is 5.91 Å². The van der Waals surface area contributed by atoms with Gasteiger partial charge in [0.15, 0.2) is 5.76 Å². The number of aromatic nitrogens is 2. The number of amides is 1. The number of carbonyl (C=O) groups is 1. The molecule has 0 bridgehead atoms. The number of pyridine rings is 1. The van der Waals surface area contributed by atoms with E-state index in [9.17, 15) is 4.79 Å². The largest absolute Gasteiger partial charge is 0.360 e. The van der Waals surface area contributed by atoms with E-state index in [2.05, 4.69) is 15.0 Å². The van der Waals surface area contributed by atoms with Gasteiger partial charge < -0.3 is 9.42 Å². The van der Waals surface area contributed by atoms with Crippen molar-refractivity contribution in [3.05, 3.63) is 47.6 Å². The molecule has 0 atom stereocenters. The minimum Gasteiger partial charge on any atom is -0.360 e. The highest BCUT2D eigenvalue weighted by Gasteiger charge is 2.22. The molecule has 0 spiro atoms. The van der Waals surface area contributed by atoms with E-state index in [1.54, 1.807) is 24.5 Å².